The molecule has 0 spiro atoms. The van der Waals surface area contributed by atoms with Crippen molar-refractivity contribution in [1.29, 1.82) is 0 Å². The molecule has 2 aromatic heterocycles. The van der Waals surface area contributed by atoms with Crippen LogP contribution in [-0.2, 0) is 6.54 Å². The molecule has 0 aliphatic heterocycles. The number of ether oxygens (including phenoxy) is 2. The minimum atomic E-state index is -0.281. The molecule has 0 bridgehead atoms. The SMILES string of the molecule is COc1ccc(-c2noc(CN(C)C(=O)c3cc4c(ccc5ccccc54)o3)n2)c(OC)c1. The van der Waals surface area contributed by atoms with Gasteiger partial charge in [0.1, 0.15) is 23.6 Å². The van der Waals surface area contributed by atoms with E-state index in [1.54, 1.807) is 45.5 Å². The van der Waals surface area contributed by atoms with E-state index in [4.69, 9.17) is 18.4 Å². The Hall–Kier alpha value is -4.33. The number of nitrogens with zero attached hydrogens (tertiary/aromatic N) is 3. The number of amides is 1. The van der Waals surface area contributed by atoms with Gasteiger partial charge in [-0.25, -0.2) is 0 Å². The van der Waals surface area contributed by atoms with Crippen molar-refractivity contribution in [2.45, 2.75) is 6.54 Å². The molecular weight excluding hydrogens is 422 g/mol. The number of hydrogen-bond acceptors (Lipinski definition) is 7. The molecule has 0 aliphatic rings. The van der Waals surface area contributed by atoms with E-state index in [9.17, 15) is 4.79 Å². The molecule has 3 aromatic carbocycles. The Bertz CT molecular complexity index is 1470. The summed E-state index contributed by atoms with van der Waals surface area (Å²) in [5, 5.41) is 7.06. The predicted octanol–water partition coefficient (Wildman–Crippen LogP) is 4.93. The van der Waals surface area contributed by atoms with Crippen LogP contribution in [0.4, 0.5) is 0 Å². The van der Waals surface area contributed by atoms with E-state index in [1.807, 2.05) is 36.4 Å². The first-order chi connectivity index (χ1) is 16.1. The minimum Gasteiger partial charge on any atom is -0.497 e. The van der Waals surface area contributed by atoms with Crippen molar-refractivity contribution in [2.75, 3.05) is 21.3 Å². The van der Waals surface area contributed by atoms with Crippen molar-refractivity contribution in [1.82, 2.24) is 15.0 Å². The number of methoxy groups -OCH3 is 2. The second-order valence-corrected chi connectivity index (χ2v) is 7.55. The van der Waals surface area contributed by atoms with Gasteiger partial charge in [0.25, 0.3) is 5.91 Å². The molecule has 1 amide bonds. The highest BCUT2D eigenvalue weighted by atomic mass is 16.5. The zero-order valence-electron chi connectivity index (χ0n) is 18.4. The smallest absolute Gasteiger partial charge is 0.289 e. The number of aromatic nitrogens is 2. The summed E-state index contributed by atoms with van der Waals surface area (Å²) in [5.41, 5.74) is 1.32. The highest BCUT2D eigenvalue weighted by Gasteiger charge is 2.21. The van der Waals surface area contributed by atoms with E-state index in [1.165, 1.54) is 4.90 Å². The van der Waals surface area contributed by atoms with Crippen LogP contribution >= 0.6 is 0 Å². The Kier molecular flexibility index (Phi) is 5.18. The van der Waals surface area contributed by atoms with Gasteiger partial charge in [-0.15, -0.1) is 0 Å². The van der Waals surface area contributed by atoms with E-state index >= 15 is 0 Å². The van der Waals surface area contributed by atoms with Crippen LogP contribution in [0.3, 0.4) is 0 Å². The van der Waals surface area contributed by atoms with Crippen LogP contribution in [0.25, 0.3) is 33.1 Å². The molecule has 2 heterocycles. The third-order valence-corrected chi connectivity index (χ3v) is 5.47. The molecule has 8 nitrogen and oxygen atoms in total. The van der Waals surface area contributed by atoms with Crippen LogP contribution in [0.1, 0.15) is 16.4 Å². The average molecular weight is 443 g/mol. The largest absolute Gasteiger partial charge is 0.497 e. The number of carbonyl (C=O) groups is 1. The third kappa shape index (κ3) is 3.76. The van der Waals surface area contributed by atoms with Crippen molar-refractivity contribution in [2.24, 2.45) is 0 Å². The van der Waals surface area contributed by atoms with Crippen LogP contribution in [0.5, 0.6) is 11.5 Å². The lowest BCUT2D eigenvalue weighted by Gasteiger charge is -2.12. The van der Waals surface area contributed by atoms with E-state index in [-0.39, 0.29) is 18.2 Å². The summed E-state index contributed by atoms with van der Waals surface area (Å²) in [6.45, 7) is 0.127. The lowest BCUT2D eigenvalue weighted by Crippen LogP contribution is -2.25. The molecule has 0 radical (unpaired) electrons. The Morgan fingerprint density at radius 1 is 1.00 bits per heavy atom. The van der Waals surface area contributed by atoms with E-state index in [0.29, 0.717) is 34.4 Å². The summed E-state index contributed by atoms with van der Waals surface area (Å²) in [5.74, 6) is 1.84. The second-order valence-electron chi connectivity index (χ2n) is 7.55. The number of rotatable bonds is 6. The standard InChI is InChI=1S/C25H21N3O5/c1-28(14-23-26-24(27-33-23)18-10-9-16(30-2)12-21(18)31-3)25(29)22-13-19-17-7-5-4-6-15(17)8-11-20(19)32-22/h4-13H,14H2,1-3H3. The van der Waals surface area contributed by atoms with Crippen LogP contribution in [-0.4, -0.2) is 42.2 Å². The molecule has 8 heteroatoms. The fourth-order valence-corrected chi connectivity index (χ4v) is 3.77. The van der Waals surface area contributed by atoms with Crippen molar-refractivity contribution in [3.05, 3.63) is 72.3 Å². The van der Waals surface area contributed by atoms with Crippen molar-refractivity contribution in [3.8, 4) is 22.9 Å². The zero-order valence-corrected chi connectivity index (χ0v) is 18.4. The van der Waals surface area contributed by atoms with Gasteiger partial charge < -0.3 is 23.3 Å². The normalized spacial score (nSPS) is 11.1. The molecule has 0 atom stereocenters. The predicted molar refractivity (Wildman–Crippen MR) is 122 cm³/mol. The number of fused-ring (bicyclic) bond motifs is 3. The summed E-state index contributed by atoms with van der Waals surface area (Å²) in [4.78, 5) is 18.9. The Labute approximate surface area is 189 Å². The summed E-state index contributed by atoms with van der Waals surface area (Å²) in [7, 11) is 4.80. The molecule has 0 aliphatic carbocycles. The number of furan rings is 1. The van der Waals surface area contributed by atoms with E-state index in [2.05, 4.69) is 10.1 Å². The van der Waals surface area contributed by atoms with Crippen molar-refractivity contribution < 1.29 is 23.2 Å². The molecule has 5 rings (SSSR count). The molecular formula is C25H21N3O5. The van der Waals surface area contributed by atoms with Gasteiger partial charge in [-0.3, -0.25) is 4.79 Å². The molecule has 0 fully saturated rings. The fraction of sp³-hybridized carbons (Fsp3) is 0.160. The number of hydrogen-bond donors (Lipinski definition) is 0. The van der Waals surface area contributed by atoms with Crippen LogP contribution in [0.2, 0.25) is 0 Å². The maximum absolute atomic E-state index is 13.0. The van der Waals surface area contributed by atoms with Crippen LogP contribution in [0, 0.1) is 0 Å². The van der Waals surface area contributed by atoms with Gasteiger partial charge in [0.15, 0.2) is 5.76 Å². The topological polar surface area (TPSA) is 90.8 Å². The van der Waals surface area contributed by atoms with E-state index in [0.717, 1.165) is 16.2 Å². The Morgan fingerprint density at radius 2 is 1.85 bits per heavy atom. The van der Waals surface area contributed by atoms with Crippen LogP contribution < -0.4 is 9.47 Å². The van der Waals surface area contributed by atoms with Crippen molar-refractivity contribution in [3.63, 3.8) is 0 Å². The van der Waals surface area contributed by atoms with Crippen LogP contribution in [0.15, 0.2) is 69.6 Å². The second kappa shape index (κ2) is 8.31. The highest BCUT2D eigenvalue weighted by molar-refractivity contribution is 6.08. The quantitative estimate of drug-likeness (QED) is 0.368. The first kappa shape index (κ1) is 20.6. The molecule has 0 unspecified atom stereocenters. The number of benzene rings is 3. The van der Waals surface area contributed by atoms with Gasteiger partial charge in [0, 0.05) is 18.5 Å². The summed E-state index contributed by atoms with van der Waals surface area (Å²) in [6.07, 6.45) is 0. The third-order valence-electron chi connectivity index (χ3n) is 5.47. The average Bonchev–Trinajstić information content (AvgIpc) is 3.50. The van der Waals surface area contributed by atoms with Gasteiger partial charge >= 0.3 is 0 Å². The number of carbonyl (C=O) groups excluding carboxylic acids is 1. The monoisotopic (exact) mass is 443 g/mol. The lowest BCUT2D eigenvalue weighted by molar-refractivity contribution is 0.0740. The fourth-order valence-electron chi connectivity index (χ4n) is 3.77. The van der Waals surface area contributed by atoms with Gasteiger partial charge in [-0.05, 0) is 35.0 Å². The molecule has 0 saturated heterocycles. The maximum atomic E-state index is 13.0. The summed E-state index contributed by atoms with van der Waals surface area (Å²) >= 11 is 0. The highest BCUT2D eigenvalue weighted by Crippen LogP contribution is 2.32. The van der Waals surface area contributed by atoms with Crippen molar-refractivity contribution >= 4 is 27.6 Å². The summed E-state index contributed by atoms with van der Waals surface area (Å²) < 4.78 is 21.8. The van der Waals surface area contributed by atoms with Gasteiger partial charge in [-0.1, -0.05) is 35.5 Å². The molecule has 33 heavy (non-hydrogen) atoms. The zero-order chi connectivity index (χ0) is 22.9. The van der Waals surface area contributed by atoms with Gasteiger partial charge in [-0.2, -0.15) is 4.98 Å². The summed E-state index contributed by atoms with van der Waals surface area (Å²) in [6, 6.07) is 18.9. The Balaban J connectivity index is 1.37. The minimum absolute atomic E-state index is 0.127. The van der Waals surface area contributed by atoms with Gasteiger partial charge in [0.05, 0.1) is 19.8 Å². The van der Waals surface area contributed by atoms with Gasteiger partial charge in [0.2, 0.25) is 11.7 Å². The maximum Gasteiger partial charge on any atom is 0.289 e. The first-order valence-electron chi connectivity index (χ1n) is 10.3. The lowest BCUT2D eigenvalue weighted by atomic mass is 10.1. The van der Waals surface area contributed by atoms with E-state index < -0.39 is 0 Å². The molecule has 0 N–H and O–H groups in total. The molecule has 0 saturated carbocycles. The molecule has 166 valence electrons. The first-order valence-corrected chi connectivity index (χ1v) is 10.3. The molecule has 5 aromatic rings. The Morgan fingerprint density at radius 3 is 2.67 bits per heavy atom.